The van der Waals surface area contributed by atoms with E-state index in [0.717, 1.165) is 23.1 Å². The molecule has 1 aliphatic heterocycles. The summed E-state index contributed by atoms with van der Waals surface area (Å²) in [7, 11) is 0. The van der Waals surface area contributed by atoms with E-state index in [4.69, 9.17) is 16.3 Å². The van der Waals surface area contributed by atoms with Crippen LogP contribution in [0.2, 0.25) is 5.02 Å². The van der Waals surface area contributed by atoms with Crippen LogP contribution in [0.1, 0.15) is 30.6 Å². The van der Waals surface area contributed by atoms with Crippen LogP contribution in [0.4, 0.5) is 5.69 Å². The molecule has 4 nitrogen and oxygen atoms in total. The van der Waals surface area contributed by atoms with Gasteiger partial charge < -0.3 is 9.64 Å². The van der Waals surface area contributed by atoms with E-state index in [2.05, 4.69) is 16.8 Å². The molecule has 1 saturated heterocycles. The standard InChI is InChI=1S/C16H17ClN2O2/c1-3-21-16(20)12-6-11-7-13(17)15(8-14(11)18-9-12)19-5-4-10(19)2/h6-10H,3-5H2,1-2H3. The Labute approximate surface area is 128 Å². The fourth-order valence-corrected chi connectivity index (χ4v) is 2.84. The van der Waals surface area contributed by atoms with Crippen molar-refractivity contribution >= 4 is 34.2 Å². The van der Waals surface area contributed by atoms with Crippen molar-refractivity contribution in [3.8, 4) is 0 Å². The van der Waals surface area contributed by atoms with Gasteiger partial charge >= 0.3 is 5.97 Å². The monoisotopic (exact) mass is 304 g/mol. The highest BCUT2D eigenvalue weighted by Gasteiger charge is 2.25. The fraction of sp³-hybridized carbons (Fsp3) is 0.375. The molecule has 0 radical (unpaired) electrons. The molecule has 3 rings (SSSR count). The maximum atomic E-state index is 11.7. The second kappa shape index (κ2) is 5.53. The van der Waals surface area contributed by atoms with Gasteiger partial charge in [0.1, 0.15) is 0 Å². The van der Waals surface area contributed by atoms with Crippen molar-refractivity contribution < 1.29 is 9.53 Å². The number of aromatic nitrogens is 1. The van der Waals surface area contributed by atoms with Crippen LogP contribution < -0.4 is 4.90 Å². The molecule has 0 N–H and O–H groups in total. The Kier molecular flexibility index (Phi) is 3.72. The Morgan fingerprint density at radius 3 is 2.90 bits per heavy atom. The van der Waals surface area contributed by atoms with Crippen LogP contribution in [-0.4, -0.2) is 30.1 Å². The highest BCUT2D eigenvalue weighted by Crippen LogP contribution is 2.35. The van der Waals surface area contributed by atoms with E-state index in [1.807, 2.05) is 12.1 Å². The van der Waals surface area contributed by atoms with Crippen molar-refractivity contribution in [3.05, 3.63) is 35.0 Å². The van der Waals surface area contributed by atoms with Crippen molar-refractivity contribution in [1.29, 1.82) is 0 Å². The number of ether oxygens (including phenoxy) is 1. The van der Waals surface area contributed by atoms with Crippen molar-refractivity contribution in [3.63, 3.8) is 0 Å². The van der Waals surface area contributed by atoms with E-state index in [9.17, 15) is 4.79 Å². The second-order valence-electron chi connectivity index (χ2n) is 5.27. The van der Waals surface area contributed by atoms with Gasteiger partial charge in [-0.15, -0.1) is 0 Å². The smallest absolute Gasteiger partial charge is 0.339 e. The number of anilines is 1. The van der Waals surface area contributed by atoms with Gasteiger partial charge in [-0.25, -0.2) is 4.79 Å². The molecule has 0 saturated carbocycles. The normalized spacial score (nSPS) is 17.7. The van der Waals surface area contributed by atoms with Gasteiger partial charge in [-0.1, -0.05) is 11.6 Å². The lowest BCUT2D eigenvalue weighted by Gasteiger charge is -2.41. The number of carbonyl (C=O) groups excluding carboxylic acids is 1. The minimum atomic E-state index is -0.358. The topological polar surface area (TPSA) is 42.4 Å². The number of hydrogen-bond acceptors (Lipinski definition) is 4. The quantitative estimate of drug-likeness (QED) is 0.812. The molecule has 0 bridgehead atoms. The third kappa shape index (κ3) is 2.56. The summed E-state index contributed by atoms with van der Waals surface area (Å²) in [4.78, 5) is 18.4. The number of carbonyl (C=O) groups is 1. The van der Waals surface area contributed by atoms with Crippen molar-refractivity contribution in [2.75, 3.05) is 18.1 Å². The van der Waals surface area contributed by atoms with E-state index in [1.165, 1.54) is 6.42 Å². The molecule has 110 valence electrons. The number of benzene rings is 1. The van der Waals surface area contributed by atoms with Gasteiger partial charge in [0.15, 0.2) is 0 Å². The first-order chi connectivity index (χ1) is 10.1. The zero-order valence-electron chi connectivity index (χ0n) is 12.1. The van der Waals surface area contributed by atoms with E-state index < -0.39 is 0 Å². The number of rotatable bonds is 3. The summed E-state index contributed by atoms with van der Waals surface area (Å²) in [6, 6.07) is 6.14. The number of nitrogens with zero attached hydrogens (tertiary/aromatic N) is 2. The first-order valence-electron chi connectivity index (χ1n) is 7.13. The first-order valence-corrected chi connectivity index (χ1v) is 7.51. The molecule has 2 heterocycles. The minimum absolute atomic E-state index is 0.351. The number of halogens is 1. The van der Waals surface area contributed by atoms with Crippen LogP contribution in [0.25, 0.3) is 10.9 Å². The third-order valence-corrected chi connectivity index (χ3v) is 4.19. The Hall–Kier alpha value is -1.81. The lowest BCUT2D eigenvalue weighted by molar-refractivity contribution is 0.0526. The molecule has 1 aromatic carbocycles. The van der Waals surface area contributed by atoms with E-state index >= 15 is 0 Å². The molecule has 2 aromatic rings. The molecule has 21 heavy (non-hydrogen) atoms. The molecule has 1 aliphatic rings. The molecule has 1 unspecified atom stereocenters. The Morgan fingerprint density at radius 2 is 2.29 bits per heavy atom. The summed E-state index contributed by atoms with van der Waals surface area (Å²) < 4.78 is 4.99. The lowest BCUT2D eigenvalue weighted by atomic mass is 10.0. The van der Waals surface area contributed by atoms with Crippen molar-refractivity contribution in [1.82, 2.24) is 4.98 Å². The van der Waals surface area contributed by atoms with Crippen molar-refractivity contribution in [2.45, 2.75) is 26.3 Å². The van der Waals surface area contributed by atoms with E-state index in [-0.39, 0.29) is 5.97 Å². The summed E-state index contributed by atoms with van der Waals surface area (Å²) >= 11 is 6.38. The molecule has 5 heteroatoms. The Morgan fingerprint density at radius 1 is 1.48 bits per heavy atom. The predicted octanol–water partition coefficient (Wildman–Crippen LogP) is 3.66. The summed E-state index contributed by atoms with van der Waals surface area (Å²) in [6.45, 7) is 5.34. The van der Waals surface area contributed by atoms with Gasteiger partial charge in [-0.2, -0.15) is 0 Å². The minimum Gasteiger partial charge on any atom is -0.462 e. The highest BCUT2D eigenvalue weighted by atomic mass is 35.5. The van der Waals surface area contributed by atoms with Crippen LogP contribution in [0.15, 0.2) is 24.4 Å². The summed E-state index contributed by atoms with van der Waals surface area (Å²) in [5.74, 6) is -0.358. The summed E-state index contributed by atoms with van der Waals surface area (Å²) in [5.41, 5.74) is 2.30. The van der Waals surface area contributed by atoms with Gasteiger partial charge in [0.2, 0.25) is 0 Å². The van der Waals surface area contributed by atoms with E-state index in [1.54, 1.807) is 19.2 Å². The molecule has 0 spiro atoms. The Bertz CT molecular complexity index is 702. The SMILES string of the molecule is CCOC(=O)c1cnc2cc(N3CCC3C)c(Cl)cc2c1. The number of esters is 1. The number of pyridine rings is 1. The second-order valence-corrected chi connectivity index (χ2v) is 5.68. The molecule has 1 aromatic heterocycles. The zero-order valence-corrected chi connectivity index (χ0v) is 12.9. The molecule has 1 atom stereocenters. The first kappa shape index (κ1) is 14.1. The molecule has 0 aliphatic carbocycles. The van der Waals surface area contributed by atoms with Crippen LogP contribution in [0, 0.1) is 0 Å². The van der Waals surface area contributed by atoms with Crippen LogP contribution in [0.3, 0.4) is 0 Å². The fourth-order valence-electron chi connectivity index (χ4n) is 2.56. The highest BCUT2D eigenvalue weighted by molar-refractivity contribution is 6.34. The van der Waals surface area contributed by atoms with Crippen LogP contribution >= 0.6 is 11.6 Å². The summed E-state index contributed by atoms with van der Waals surface area (Å²) in [5, 5.41) is 1.54. The van der Waals surface area contributed by atoms with Gasteiger partial charge in [-0.05, 0) is 38.5 Å². The largest absolute Gasteiger partial charge is 0.462 e. The van der Waals surface area contributed by atoms with E-state index in [0.29, 0.717) is 23.2 Å². The lowest BCUT2D eigenvalue weighted by Crippen LogP contribution is -2.45. The van der Waals surface area contributed by atoms with Gasteiger partial charge in [0, 0.05) is 24.2 Å². The number of hydrogen-bond donors (Lipinski definition) is 0. The molecular weight excluding hydrogens is 288 g/mol. The zero-order chi connectivity index (χ0) is 15.0. The molecular formula is C16H17ClN2O2. The number of fused-ring (bicyclic) bond motifs is 1. The maximum absolute atomic E-state index is 11.7. The van der Waals surface area contributed by atoms with Gasteiger partial charge in [0.25, 0.3) is 0 Å². The predicted molar refractivity (Wildman–Crippen MR) is 84.1 cm³/mol. The molecule has 1 fully saturated rings. The molecule has 0 amide bonds. The average molecular weight is 305 g/mol. The maximum Gasteiger partial charge on any atom is 0.339 e. The Balaban J connectivity index is 2.00. The average Bonchev–Trinajstić information content (AvgIpc) is 2.46. The van der Waals surface area contributed by atoms with Gasteiger partial charge in [-0.3, -0.25) is 4.98 Å². The van der Waals surface area contributed by atoms with Gasteiger partial charge in [0.05, 0.1) is 28.4 Å². The summed E-state index contributed by atoms with van der Waals surface area (Å²) in [6.07, 6.45) is 2.74. The van der Waals surface area contributed by atoms with Crippen LogP contribution in [0.5, 0.6) is 0 Å². The third-order valence-electron chi connectivity index (χ3n) is 3.89. The van der Waals surface area contributed by atoms with Crippen LogP contribution in [-0.2, 0) is 4.74 Å². The van der Waals surface area contributed by atoms with Crippen molar-refractivity contribution in [2.24, 2.45) is 0 Å².